The van der Waals surface area contributed by atoms with Gasteiger partial charge in [0, 0.05) is 0 Å². The Labute approximate surface area is 227 Å². The number of aryl methyl sites for hydroxylation is 2. The summed E-state index contributed by atoms with van der Waals surface area (Å²) in [6.07, 6.45) is 14.7. The highest BCUT2D eigenvalue weighted by atomic mass is 14.3. The van der Waals surface area contributed by atoms with Crippen molar-refractivity contribution >= 4 is 12.2 Å². The maximum absolute atomic E-state index is 2.47. The Balaban J connectivity index is 0.000000127. The number of benzene rings is 4. The third-order valence-corrected chi connectivity index (χ3v) is 8.91. The third-order valence-electron chi connectivity index (χ3n) is 8.91. The molecule has 0 saturated heterocycles. The van der Waals surface area contributed by atoms with E-state index in [-0.39, 0.29) is 0 Å². The van der Waals surface area contributed by atoms with Gasteiger partial charge in [0.25, 0.3) is 0 Å². The molecular formula is C38H36. The molecule has 4 aliphatic carbocycles. The first-order valence-corrected chi connectivity index (χ1v) is 14.5. The molecule has 0 unspecified atom stereocenters. The van der Waals surface area contributed by atoms with Crippen molar-refractivity contribution in [1.82, 2.24) is 0 Å². The number of allylic oxidation sites excluding steroid dienone is 2. The van der Waals surface area contributed by atoms with Gasteiger partial charge in [-0.15, -0.1) is 0 Å². The molecule has 0 heterocycles. The average molecular weight is 493 g/mol. The van der Waals surface area contributed by atoms with Gasteiger partial charge in [0.05, 0.1) is 0 Å². The molecule has 0 fully saturated rings. The van der Waals surface area contributed by atoms with Crippen molar-refractivity contribution in [1.29, 1.82) is 0 Å². The molecule has 188 valence electrons. The van der Waals surface area contributed by atoms with E-state index >= 15 is 0 Å². The smallest absolute Gasteiger partial charge is 0.00543 e. The lowest BCUT2D eigenvalue weighted by Gasteiger charge is -2.15. The Morgan fingerprint density at radius 3 is 1.76 bits per heavy atom. The van der Waals surface area contributed by atoms with Gasteiger partial charge in [0.15, 0.2) is 0 Å². The van der Waals surface area contributed by atoms with E-state index in [1.165, 1.54) is 83.1 Å². The van der Waals surface area contributed by atoms with Crippen molar-refractivity contribution in [2.24, 2.45) is 0 Å². The number of fused-ring (bicyclic) bond motifs is 4. The summed E-state index contributed by atoms with van der Waals surface area (Å²) >= 11 is 0. The Morgan fingerprint density at radius 1 is 0.500 bits per heavy atom. The molecule has 0 bridgehead atoms. The van der Waals surface area contributed by atoms with Crippen LogP contribution < -0.4 is 0 Å². The van der Waals surface area contributed by atoms with E-state index in [1.54, 1.807) is 33.4 Å². The fraction of sp³-hybridized carbons (Fsp3) is 0.263. The van der Waals surface area contributed by atoms with E-state index in [0.717, 1.165) is 12.8 Å². The van der Waals surface area contributed by atoms with Crippen molar-refractivity contribution in [2.75, 3.05) is 0 Å². The van der Waals surface area contributed by atoms with Gasteiger partial charge in [-0.05, 0) is 132 Å². The van der Waals surface area contributed by atoms with Crippen LogP contribution >= 0.6 is 0 Å². The minimum absolute atomic E-state index is 1.13. The van der Waals surface area contributed by atoms with Crippen LogP contribution in [0.1, 0.15) is 71.2 Å². The zero-order chi connectivity index (χ0) is 25.6. The molecule has 0 nitrogen and oxygen atoms in total. The predicted octanol–water partition coefficient (Wildman–Crippen LogP) is 9.60. The molecule has 4 aliphatic rings. The van der Waals surface area contributed by atoms with Gasteiger partial charge in [-0.2, -0.15) is 0 Å². The van der Waals surface area contributed by atoms with Gasteiger partial charge in [-0.1, -0.05) is 96.1 Å². The van der Waals surface area contributed by atoms with Crippen LogP contribution in [0, 0.1) is 0 Å². The maximum Gasteiger partial charge on any atom is -0.00543 e. The minimum Gasteiger partial charge on any atom is -0.0683 e. The van der Waals surface area contributed by atoms with E-state index in [4.69, 9.17) is 0 Å². The third kappa shape index (κ3) is 4.08. The Morgan fingerprint density at radius 2 is 1.08 bits per heavy atom. The Bertz CT molecular complexity index is 1600. The summed E-state index contributed by atoms with van der Waals surface area (Å²) in [4.78, 5) is 0. The molecule has 4 aromatic rings. The summed E-state index contributed by atoms with van der Waals surface area (Å²) in [6, 6.07) is 26.8. The van der Waals surface area contributed by atoms with Crippen molar-refractivity contribution < 1.29 is 0 Å². The number of hydrogen-bond acceptors (Lipinski definition) is 0. The molecule has 38 heavy (non-hydrogen) atoms. The van der Waals surface area contributed by atoms with E-state index in [9.17, 15) is 0 Å². The molecule has 0 spiro atoms. The fourth-order valence-corrected chi connectivity index (χ4v) is 7.35. The van der Waals surface area contributed by atoms with E-state index in [0.29, 0.717) is 0 Å². The van der Waals surface area contributed by atoms with Gasteiger partial charge in [-0.25, -0.2) is 0 Å². The first-order chi connectivity index (χ1) is 18.7. The summed E-state index contributed by atoms with van der Waals surface area (Å²) in [5.74, 6) is 0. The van der Waals surface area contributed by atoms with E-state index in [2.05, 4.69) is 98.8 Å². The zero-order valence-electron chi connectivity index (χ0n) is 22.7. The van der Waals surface area contributed by atoms with Gasteiger partial charge in [0.1, 0.15) is 0 Å². The lowest BCUT2D eigenvalue weighted by Crippen LogP contribution is -1.97. The molecule has 0 N–H and O–H groups in total. The first-order valence-electron chi connectivity index (χ1n) is 14.5. The quantitative estimate of drug-likeness (QED) is 0.261. The molecule has 4 aromatic carbocycles. The average Bonchev–Trinajstić information content (AvgIpc) is 3.73. The molecule has 8 rings (SSSR count). The normalized spacial score (nSPS) is 16.2. The summed E-state index contributed by atoms with van der Waals surface area (Å²) in [6.45, 7) is 4.50. The number of rotatable bonds is 2. The van der Waals surface area contributed by atoms with Crippen LogP contribution in [-0.2, 0) is 38.5 Å². The summed E-state index contributed by atoms with van der Waals surface area (Å²) in [5.41, 5.74) is 21.3. The SMILES string of the molecule is CC1=Cc2c(cc3c(c2-c2ccccc2)CCC3)C1.CC1=Cc2cc3c(c(-c4ccccc4)c2C1)CCC3. The van der Waals surface area contributed by atoms with Crippen molar-refractivity contribution in [3.8, 4) is 22.3 Å². The fourth-order valence-electron chi connectivity index (χ4n) is 7.35. The molecular weight excluding hydrogens is 456 g/mol. The highest BCUT2D eigenvalue weighted by molar-refractivity contribution is 5.84. The van der Waals surface area contributed by atoms with Crippen molar-refractivity contribution in [2.45, 2.75) is 65.2 Å². The van der Waals surface area contributed by atoms with Crippen LogP contribution in [0.3, 0.4) is 0 Å². The lowest BCUT2D eigenvalue weighted by atomic mass is 9.89. The van der Waals surface area contributed by atoms with Gasteiger partial charge in [0.2, 0.25) is 0 Å². The standard InChI is InChI=1S/2C19H18/c2*1-13-10-16-12-15-8-5-9-17(15)19(18(16)11-13)14-6-3-2-4-7-14/h2-4,6-7,11-12H,5,8-10H2,1H3;2-4,6-7,10,12H,5,8-9,11H2,1H3. The second-order valence-electron chi connectivity index (χ2n) is 11.7. The lowest BCUT2D eigenvalue weighted by molar-refractivity contribution is 0.912. The highest BCUT2D eigenvalue weighted by Crippen LogP contribution is 2.42. The molecule has 0 aliphatic heterocycles. The molecule has 0 amide bonds. The van der Waals surface area contributed by atoms with Crippen LogP contribution in [0.5, 0.6) is 0 Å². The van der Waals surface area contributed by atoms with Gasteiger partial charge >= 0.3 is 0 Å². The Kier molecular flexibility index (Phi) is 5.92. The second-order valence-corrected chi connectivity index (χ2v) is 11.7. The van der Waals surface area contributed by atoms with Gasteiger partial charge in [-0.3, -0.25) is 0 Å². The van der Waals surface area contributed by atoms with Gasteiger partial charge < -0.3 is 0 Å². The molecule has 0 saturated carbocycles. The predicted molar refractivity (Wildman–Crippen MR) is 163 cm³/mol. The summed E-state index contributed by atoms with van der Waals surface area (Å²) < 4.78 is 0. The summed E-state index contributed by atoms with van der Waals surface area (Å²) in [7, 11) is 0. The molecule has 0 heteroatoms. The molecule has 0 radical (unpaired) electrons. The van der Waals surface area contributed by atoms with Crippen molar-refractivity contribution in [3.63, 3.8) is 0 Å². The van der Waals surface area contributed by atoms with Crippen LogP contribution in [-0.4, -0.2) is 0 Å². The highest BCUT2D eigenvalue weighted by Gasteiger charge is 2.25. The minimum atomic E-state index is 1.13. The van der Waals surface area contributed by atoms with Crippen LogP contribution in [0.15, 0.2) is 83.9 Å². The topological polar surface area (TPSA) is 0 Å². The monoisotopic (exact) mass is 492 g/mol. The zero-order valence-corrected chi connectivity index (χ0v) is 22.7. The van der Waals surface area contributed by atoms with Crippen molar-refractivity contribution in [3.05, 3.63) is 128 Å². The molecule has 0 aromatic heterocycles. The first kappa shape index (κ1) is 23.5. The largest absolute Gasteiger partial charge is 0.0683 e. The van der Waals surface area contributed by atoms with Crippen LogP contribution in [0.4, 0.5) is 0 Å². The van der Waals surface area contributed by atoms with Crippen LogP contribution in [0.2, 0.25) is 0 Å². The maximum atomic E-state index is 2.47. The van der Waals surface area contributed by atoms with E-state index in [1.807, 2.05) is 0 Å². The van der Waals surface area contributed by atoms with Crippen LogP contribution in [0.25, 0.3) is 34.4 Å². The molecule has 0 atom stereocenters. The number of hydrogen-bond donors (Lipinski definition) is 0. The summed E-state index contributed by atoms with van der Waals surface area (Å²) in [5, 5.41) is 0. The Hall–Kier alpha value is -3.64. The van der Waals surface area contributed by atoms with E-state index < -0.39 is 0 Å². The second kappa shape index (κ2) is 9.59.